The molecular weight excluding hydrogens is 429 g/mol. The fraction of sp³-hybridized carbons (Fsp3) is 0.200. The number of rotatable bonds is 8. The largest absolute Gasteiger partial charge is 0.383 e. The molecule has 10 heteroatoms. The maximum absolute atomic E-state index is 13.9. The monoisotopic (exact) mass is 449 g/mol. The average molecular weight is 450 g/mol. The molecule has 1 amide bonds. The van der Waals surface area contributed by atoms with E-state index >= 15 is 0 Å². The Hall–Kier alpha value is -2.66. The number of nitrogens with zero attached hydrogens (tertiary/aromatic N) is 1. The van der Waals surface area contributed by atoms with Gasteiger partial charge < -0.3 is 10.1 Å². The van der Waals surface area contributed by atoms with Crippen LogP contribution in [0.2, 0.25) is 0 Å². The summed E-state index contributed by atoms with van der Waals surface area (Å²) in [7, 11) is -2.21. The molecule has 7 nitrogen and oxygen atoms in total. The number of sulfonamides is 1. The van der Waals surface area contributed by atoms with E-state index in [4.69, 9.17) is 4.74 Å². The number of benzene rings is 2. The SMILES string of the molecule is COCC(C)NS(=O)(=O)c1ccc(NC(=O)c2cnc(-c3ccccc3F)s2)cc1. The number of methoxy groups -OCH3 is 1. The number of hydrogen-bond acceptors (Lipinski definition) is 6. The number of ether oxygens (including phenoxy) is 1. The Labute approximate surface area is 178 Å². The molecule has 0 aliphatic carbocycles. The zero-order chi connectivity index (χ0) is 21.7. The second kappa shape index (κ2) is 9.43. The van der Waals surface area contributed by atoms with Gasteiger partial charge in [-0.2, -0.15) is 0 Å². The van der Waals surface area contributed by atoms with Gasteiger partial charge in [0.05, 0.1) is 17.7 Å². The molecule has 1 atom stereocenters. The zero-order valence-electron chi connectivity index (χ0n) is 16.3. The van der Waals surface area contributed by atoms with Gasteiger partial charge in [0.15, 0.2) is 0 Å². The molecule has 1 aromatic heterocycles. The first-order valence-electron chi connectivity index (χ1n) is 8.93. The number of anilines is 1. The van der Waals surface area contributed by atoms with Gasteiger partial charge >= 0.3 is 0 Å². The van der Waals surface area contributed by atoms with Crippen LogP contribution in [-0.4, -0.2) is 39.1 Å². The fourth-order valence-corrected chi connectivity index (χ4v) is 4.73. The van der Waals surface area contributed by atoms with Crippen LogP contribution in [-0.2, 0) is 14.8 Å². The van der Waals surface area contributed by atoms with E-state index in [0.717, 1.165) is 11.3 Å². The Morgan fingerprint density at radius 1 is 1.20 bits per heavy atom. The van der Waals surface area contributed by atoms with Crippen LogP contribution in [0, 0.1) is 5.82 Å². The van der Waals surface area contributed by atoms with Crippen LogP contribution in [0.3, 0.4) is 0 Å². The molecular formula is C20H20FN3O4S2. The van der Waals surface area contributed by atoms with Crippen molar-refractivity contribution >= 4 is 33.0 Å². The zero-order valence-corrected chi connectivity index (χ0v) is 17.9. The molecule has 30 heavy (non-hydrogen) atoms. The van der Waals surface area contributed by atoms with Crippen molar-refractivity contribution in [3.8, 4) is 10.6 Å². The molecule has 0 fully saturated rings. The molecule has 158 valence electrons. The predicted molar refractivity (Wildman–Crippen MR) is 114 cm³/mol. The summed E-state index contributed by atoms with van der Waals surface area (Å²) in [5, 5.41) is 3.08. The van der Waals surface area contributed by atoms with Crippen LogP contribution >= 0.6 is 11.3 Å². The molecule has 3 aromatic rings. The van der Waals surface area contributed by atoms with Crippen molar-refractivity contribution in [1.82, 2.24) is 9.71 Å². The van der Waals surface area contributed by atoms with E-state index in [1.54, 1.807) is 25.1 Å². The molecule has 0 saturated heterocycles. The number of carbonyl (C=O) groups is 1. The molecule has 0 saturated carbocycles. The molecule has 0 aliphatic rings. The van der Waals surface area contributed by atoms with Crippen LogP contribution < -0.4 is 10.0 Å². The first-order valence-corrected chi connectivity index (χ1v) is 11.2. The van der Waals surface area contributed by atoms with Crippen LogP contribution in [0.25, 0.3) is 10.6 Å². The lowest BCUT2D eigenvalue weighted by Gasteiger charge is -2.13. The summed E-state index contributed by atoms with van der Waals surface area (Å²) in [6, 6.07) is 11.6. The molecule has 0 spiro atoms. The first kappa shape index (κ1) is 22.0. The van der Waals surface area contributed by atoms with Crippen molar-refractivity contribution in [1.29, 1.82) is 0 Å². The van der Waals surface area contributed by atoms with Crippen LogP contribution in [0.5, 0.6) is 0 Å². The third-order valence-corrected chi connectivity index (χ3v) is 6.66. The van der Waals surface area contributed by atoms with Gasteiger partial charge in [0.25, 0.3) is 5.91 Å². The molecule has 2 aromatic carbocycles. The van der Waals surface area contributed by atoms with E-state index in [2.05, 4.69) is 15.0 Å². The third kappa shape index (κ3) is 5.28. The van der Waals surface area contributed by atoms with Crippen molar-refractivity contribution in [2.24, 2.45) is 0 Å². The van der Waals surface area contributed by atoms with Crippen molar-refractivity contribution in [3.63, 3.8) is 0 Å². The van der Waals surface area contributed by atoms with E-state index < -0.39 is 21.7 Å². The van der Waals surface area contributed by atoms with Gasteiger partial charge in [0.2, 0.25) is 10.0 Å². The Kier molecular flexibility index (Phi) is 6.93. The Morgan fingerprint density at radius 2 is 1.90 bits per heavy atom. The first-order chi connectivity index (χ1) is 14.3. The summed E-state index contributed by atoms with van der Waals surface area (Å²) < 4.78 is 46.0. The highest BCUT2D eigenvalue weighted by atomic mass is 32.2. The smallest absolute Gasteiger partial charge is 0.267 e. The van der Waals surface area contributed by atoms with Crippen molar-refractivity contribution in [3.05, 3.63) is 65.4 Å². The van der Waals surface area contributed by atoms with Gasteiger partial charge in [0, 0.05) is 24.4 Å². The summed E-state index contributed by atoms with van der Waals surface area (Å²) in [6.45, 7) is 1.94. The second-order valence-electron chi connectivity index (χ2n) is 6.47. The normalized spacial score (nSPS) is 12.5. The van der Waals surface area contributed by atoms with Gasteiger partial charge in [-0.25, -0.2) is 22.5 Å². The summed E-state index contributed by atoms with van der Waals surface area (Å²) in [6.07, 6.45) is 1.38. The molecule has 3 rings (SSSR count). The summed E-state index contributed by atoms with van der Waals surface area (Å²) in [5.41, 5.74) is 0.746. The van der Waals surface area contributed by atoms with Gasteiger partial charge in [0.1, 0.15) is 15.7 Å². The summed E-state index contributed by atoms with van der Waals surface area (Å²) in [4.78, 5) is 17.0. The minimum Gasteiger partial charge on any atom is -0.383 e. The summed E-state index contributed by atoms with van der Waals surface area (Å²) in [5.74, 6) is -0.832. The van der Waals surface area contributed by atoms with Crippen LogP contribution in [0.1, 0.15) is 16.6 Å². The van der Waals surface area contributed by atoms with Gasteiger partial charge in [-0.15, -0.1) is 11.3 Å². The quantitative estimate of drug-likeness (QED) is 0.549. The van der Waals surface area contributed by atoms with E-state index in [1.165, 1.54) is 43.6 Å². The number of thiazole rings is 1. The number of nitrogens with one attached hydrogen (secondary N) is 2. The van der Waals surface area contributed by atoms with Gasteiger partial charge in [-0.05, 0) is 43.3 Å². The molecule has 0 bridgehead atoms. The molecule has 1 unspecified atom stereocenters. The number of hydrogen-bond donors (Lipinski definition) is 2. The Morgan fingerprint density at radius 3 is 2.57 bits per heavy atom. The lowest BCUT2D eigenvalue weighted by atomic mass is 10.2. The van der Waals surface area contributed by atoms with E-state index in [1.807, 2.05) is 0 Å². The number of aromatic nitrogens is 1. The molecule has 0 radical (unpaired) electrons. The molecule has 2 N–H and O–H groups in total. The Bertz CT molecular complexity index is 1130. The minimum absolute atomic E-state index is 0.0723. The Balaban J connectivity index is 1.69. The predicted octanol–water partition coefficient (Wildman–Crippen LogP) is 3.51. The van der Waals surface area contributed by atoms with Gasteiger partial charge in [-0.3, -0.25) is 4.79 Å². The van der Waals surface area contributed by atoms with Crippen molar-refractivity contribution in [2.45, 2.75) is 17.9 Å². The van der Waals surface area contributed by atoms with Crippen LogP contribution in [0.4, 0.5) is 10.1 Å². The lowest BCUT2D eigenvalue weighted by molar-refractivity contribution is 0.103. The number of carbonyl (C=O) groups excluding carboxylic acids is 1. The van der Waals surface area contributed by atoms with Crippen LogP contribution in [0.15, 0.2) is 59.6 Å². The van der Waals surface area contributed by atoms with E-state index in [9.17, 15) is 17.6 Å². The maximum Gasteiger partial charge on any atom is 0.267 e. The standard InChI is InChI=1S/C20H20FN3O4S2/c1-13(12-28-2)24-30(26,27)15-9-7-14(8-10-15)23-19(25)18-11-22-20(29-18)16-5-3-4-6-17(16)21/h3-11,13,24H,12H2,1-2H3,(H,23,25). The third-order valence-electron chi connectivity index (χ3n) is 4.03. The number of halogens is 1. The molecule has 1 heterocycles. The maximum atomic E-state index is 13.9. The highest BCUT2D eigenvalue weighted by molar-refractivity contribution is 7.89. The van der Waals surface area contributed by atoms with E-state index in [-0.39, 0.29) is 17.5 Å². The highest BCUT2D eigenvalue weighted by Crippen LogP contribution is 2.27. The van der Waals surface area contributed by atoms with Crippen molar-refractivity contribution < 1.29 is 22.3 Å². The van der Waals surface area contributed by atoms with Crippen molar-refractivity contribution in [2.75, 3.05) is 19.0 Å². The number of amides is 1. The fourth-order valence-electron chi connectivity index (χ4n) is 2.67. The molecule has 0 aliphatic heterocycles. The van der Waals surface area contributed by atoms with Gasteiger partial charge in [-0.1, -0.05) is 12.1 Å². The second-order valence-corrected chi connectivity index (χ2v) is 9.21. The minimum atomic E-state index is -3.70. The highest BCUT2D eigenvalue weighted by Gasteiger charge is 2.18. The van der Waals surface area contributed by atoms with E-state index in [0.29, 0.717) is 21.1 Å². The topological polar surface area (TPSA) is 97.4 Å². The average Bonchev–Trinajstić information content (AvgIpc) is 3.18. The summed E-state index contributed by atoms with van der Waals surface area (Å²) >= 11 is 1.07. The lowest BCUT2D eigenvalue weighted by Crippen LogP contribution is -2.35.